The predicted molar refractivity (Wildman–Crippen MR) is 90.1 cm³/mol. The first-order valence-electron chi connectivity index (χ1n) is 9.10. The quantitative estimate of drug-likeness (QED) is 0.802. The molecular weight excluding hydrogens is 291 g/mol. The van der Waals surface area contributed by atoms with Gasteiger partial charge in [-0.1, -0.05) is 19.1 Å². The van der Waals surface area contributed by atoms with Gasteiger partial charge in [0.1, 0.15) is 5.82 Å². The SMILES string of the molecule is Cc1ccc(CCC2CCC(C3CCC(C)CO3)CO2)cc1F. The van der Waals surface area contributed by atoms with Crippen LogP contribution < -0.4 is 0 Å². The Kier molecular flexibility index (Phi) is 5.71. The minimum absolute atomic E-state index is 0.101. The molecule has 2 saturated heterocycles. The molecule has 0 aliphatic carbocycles. The van der Waals surface area contributed by atoms with Gasteiger partial charge in [0, 0.05) is 12.5 Å². The van der Waals surface area contributed by atoms with E-state index in [4.69, 9.17) is 9.47 Å². The maximum absolute atomic E-state index is 13.6. The average molecular weight is 320 g/mol. The van der Waals surface area contributed by atoms with Crippen LogP contribution in [0.25, 0.3) is 0 Å². The van der Waals surface area contributed by atoms with Gasteiger partial charge in [-0.05, 0) is 68.6 Å². The summed E-state index contributed by atoms with van der Waals surface area (Å²) >= 11 is 0. The van der Waals surface area contributed by atoms with E-state index in [0.717, 1.165) is 38.0 Å². The van der Waals surface area contributed by atoms with Crippen molar-refractivity contribution in [3.8, 4) is 0 Å². The molecule has 2 aliphatic rings. The molecule has 0 N–H and O–H groups in total. The third-order valence-electron chi connectivity index (χ3n) is 5.46. The van der Waals surface area contributed by atoms with Crippen LogP contribution in [0.3, 0.4) is 0 Å². The second-order valence-corrected chi connectivity index (χ2v) is 7.47. The molecule has 0 radical (unpaired) electrons. The lowest BCUT2D eigenvalue weighted by Crippen LogP contribution is -2.38. The highest BCUT2D eigenvalue weighted by Crippen LogP contribution is 2.31. The van der Waals surface area contributed by atoms with E-state index in [0.29, 0.717) is 29.6 Å². The summed E-state index contributed by atoms with van der Waals surface area (Å²) in [7, 11) is 0. The average Bonchev–Trinajstić information content (AvgIpc) is 2.57. The number of benzene rings is 1. The predicted octanol–water partition coefficient (Wildman–Crippen LogP) is 4.68. The van der Waals surface area contributed by atoms with Crippen LogP contribution in [0.15, 0.2) is 18.2 Å². The van der Waals surface area contributed by atoms with Crippen molar-refractivity contribution in [3.63, 3.8) is 0 Å². The molecule has 0 spiro atoms. The minimum atomic E-state index is -0.101. The summed E-state index contributed by atoms with van der Waals surface area (Å²) in [6.07, 6.45) is 7.37. The topological polar surface area (TPSA) is 18.5 Å². The molecule has 128 valence electrons. The second-order valence-electron chi connectivity index (χ2n) is 7.47. The fraction of sp³-hybridized carbons (Fsp3) is 0.700. The number of aryl methyl sites for hydroxylation is 2. The zero-order chi connectivity index (χ0) is 16.2. The van der Waals surface area contributed by atoms with Gasteiger partial charge < -0.3 is 9.47 Å². The molecule has 0 amide bonds. The third-order valence-corrected chi connectivity index (χ3v) is 5.46. The largest absolute Gasteiger partial charge is 0.378 e. The Morgan fingerprint density at radius 3 is 2.61 bits per heavy atom. The lowest BCUT2D eigenvalue weighted by Gasteiger charge is -2.37. The van der Waals surface area contributed by atoms with E-state index in [1.54, 1.807) is 13.0 Å². The van der Waals surface area contributed by atoms with Gasteiger partial charge in [0.2, 0.25) is 0 Å². The zero-order valence-electron chi connectivity index (χ0n) is 14.4. The van der Waals surface area contributed by atoms with E-state index >= 15 is 0 Å². The Bertz CT molecular complexity index is 500. The zero-order valence-corrected chi connectivity index (χ0v) is 14.4. The highest BCUT2D eigenvalue weighted by atomic mass is 19.1. The highest BCUT2D eigenvalue weighted by Gasteiger charge is 2.31. The first kappa shape index (κ1) is 16.9. The molecule has 1 aromatic carbocycles. The molecule has 23 heavy (non-hydrogen) atoms. The third kappa shape index (κ3) is 4.54. The minimum Gasteiger partial charge on any atom is -0.378 e. The van der Waals surface area contributed by atoms with Crippen molar-refractivity contribution < 1.29 is 13.9 Å². The van der Waals surface area contributed by atoms with Crippen molar-refractivity contribution in [2.24, 2.45) is 11.8 Å². The Morgan fingerprint density at radius 1 is 1.09 bits per heavy atom. The van der Waals surface area contributed by atoms with Crippen LogP contribution in [-0.4, -0.2) is 25.4 Å². The summed E-state index contributed by atoms with van der Waals surface area (Å²) in [5.41, 5.74) is 1.79. The smallest absolute Gasteiger partial charge is 0.126 e. The number of hydrogen-bond acceptors (Lipinski definition) is 2. The number of hydrogen-bond donors (Lipinski definition) is 0. The summed E-state index contributed by atoms with van der Waals surface area (Å²) in [5, 5.41) is 0. The molecule has 2 fully saturated rings. The van der Waals surface area contributed by atoms with Crippen LogP contribution in [-0.2, 0) is 15.9 Å². The van der Waals surface area contributed by atoms with Crippen LogP contribution >= 0.6 is 0 Å². The Hall–Kier alpha value is -0.930. The van der Waals surface area contributed by atoms with Crippen molar-refractivity contribution in [2.75, 3.05) is 13.2 Å². The summed E-state index contributed by atoms with van der Waals surface area (Å²) in [5.74, 6) is 1.17. The Labute approximate surface area is 139 Å². The molecule has 4 atom stereocenters. The van der Waals surface area contributed by atoms with E-state index in [9.17, 15) is 4.39 Å². The fourth-order valence-corrected chi connectivity index (χ4v) is 3.74. The van der Waals surface area contributed by atoms with Gasteiger partial charge in [-0.2, -0.15) is 0 Å². The number of ether oxygens (including phenoxy) is 2. The fourth-order valence-electron chi connectivity index (χ4n) is 3.74. The van der Waals surface area contributed by atoms with Crippen LogP contribution in [0.1, 0.15) is 50.2 Å². The first-order valence-corrected chi connectivity index (χ1v) is 9.10. The second kappa shape index (κ2) is 7.76. The van der Waals surface area contributed by atoms with E-state index in [1.807, 2.05) is 12.1 Å². The van der Waals surface area contributed by atoms with E-state index in [2.05, 4.69) is 6.92 Å². The van der Waals surface area contributed by atoms with Gasteiger partial charge in [-0.25, -0.2) is 4.39 Å². The van der Waals surface area contributed by atoms with Crippen LogP contribution in [0, 0.1) is 24.6 Å². The van der Waals surface area contributed by atoms with Gasteiger partial charge >= 0.3 is 0 Å². The molecule has 0 aromatic heterocycles. The summed E-state index contributed by atoms with van der Waals surface area (Å²) in [4.78, 5) is 0. The molecule has 1 aromatic rings. The lowest BCUT2D eigenvalue weighted by atomic mass is 9.86. The monoisotopic (exact) mass is 320 g/mol. The van der Waals surface area contributed by atoms with Gasteiger partial charge in [0.15, 0.2) is 0 Å². The van der Waals surface area contributed by atoms with Crippen molar-refractivity contribution in [1.82, 2.24) is 0 Å². The van der Waals surface area contributed by atoms with Crippen LogP contribution in [0.2, 0.25) is 0 Å². The molecule has 0 bridgehead atoms. The van der Waals surface area contributed by atoms with Crippen LogP contribution in [0.4, 0.5) is 4.39 Å². The molecule has 2 aliphatic heterocycles. The molecule has 0 saturated carbocycles. The van der Waals surface area contributed by atoms with Crippen molar-refractivity contribution in [2.45, 2.75) is 64.6 Å². The molecule has 3 rings (SSSR count). The standard InChI is InChI=1S/C20H29FO2/c1-14-3-10-20(23-12-14)17-7-9-18(22-13-17)8-6-16-5-4-15(2)19(21)11-16/h4-5,11,14,17-18,20H,3,6-10,12-13H2,1-2H3. The van der Waals surface area contributed by atoms with Crippen molar-refractivity contribution in [1.29, 1.82) is 0 Å². The van der Waals surface area contributed by atoms with E-state index in [-0.39, 0.29) is 5.82 Å². The first-order chi connectivity index (χ1) is 11.1. The van der Waals surface area contributed by atoms with Crippen LogP contribution in [0.5, 0.6) is 0 Å². The Morgan fingerprint density at radius 2 is 1.96 bits per heavy atom. The van der Waals surface area contributed by atoms with Gasteiger partial charge in [0.25, 0.3) is 0 Å². The molecule has 2 nitrogen and oxygen atoms in total. The summed E-state index contributed by atoms with van der Waals surface area (Å²) in [6.45, 7) is 5.80. The molecule has 3 heteroatoms. The van der Waals surface area contributed by atoms with E-state index in [1.165, 1.54) is 19.3 Å². The molecule has 2 heterocycles. The van der Waals surface area contributed by atoms with Gasteiger partial charge in [-0.3, -0.25) is 0 Å². The number of rotatable bonds is 4. The molecule has 4 unspecified atom stereocenters. The van der Waals surface area contributed by atoms with Crippen molar-refractivity contribution >= 4 is 0 Å². The normalized spacial score (nSPS) is 32.0. The maximum Gasteiger partial charge on any atom is 0.126 e. The highest BCUT2D eigenvalue weighted by molar-refractivity contribution is 5.23. The molecular formula is C20H29FO2. The summed E-state index contributed by atoms with van der Waals surface area (Å²) in [6, 6.07) is 5.56. The lowest BCUT2D eigenvalue weighted by molar-refractivity contribution is -0.102. The maximum atomic E-state index is 13.6. The summed E-state index contributed by atoms with van der Waals surface area (Å²) < 4.78 is 25.7. The number of halogens is 1. The Balaban J connectivity index is 1.41. The van der Waals surface area contributed by atoms with Crippen molar-refractivity contribution in [3.05, 3.63) is 35.1 Å². The van der Waals surface area contributed by atoms with Gasteiger partial charge in [-0.15, -0.1) is 0 Å². The van der Waals surface area contributed by atoms with Gasteiger partial charge in [0.05, 0.1) is 18.8 Å². The van der Waals surface area contributed by atoms with E-state index < -0.39 is 0 Å².